The lowest BCUT2D eigenvalue weighted by atomic mass is 10.3. The third-order valence-electron chi connectivity index (χ3n) is 2.44. The zero-order valence-corrected chi connectivity index (χ0v) is 11.0. The fraction of sp³-hybridized carbons (Fsp3) is 0.875. The molecular weight excluding hydrogens is 268 g/mol. The first-order chi connectivity index (χ1) is 7.76. The minimum atomic E-state index is -3.68. The highest BCUT2D eigenvalue weighted by atomic mass is 32.2. The van der Waals surface area contributed by atoms with Gasteiger partial charge >= 0.3 is 0 Å². The standard InChI is InChI=1S/C8H14N2O5S2/c1-16(12,13)5-6-17(14,15)10-4-2-3-8(10)9-7-11/h8H,2-6H2,1H3. The van der Waals surface area contributed by atoms with Crippen LogP contribution in [0.4, 0.5) is 0 Å². The summed E-state index contributed by atoms with van der Waals surface area (Å²) in [6.45, 7) is 0.266. The summed E-state index contributed by atoms with van der Waals surface area (Å²) in [6, 6.07) is 0. The second-order valence-electron chi connectivity index (χ2n) is 3.90. The molecule has 1 heterocycles. The quantitative estimate of drug-likeness (QED) is 0.481. The number of hydrogen-bond acceptors (Lipinski definition) is 6. The van der Waals surface area contributed by atoms with E-state index in [1.165, 1.54) is 6.08 Å². The van der Waals surface area contributed by atoms with Crippen LogP contribution >= 0.6 is 0 Å². The van der Waals surface area contributed by atoms with Crippen LogP contribution in [0.2, 0.25) is 0 Å². The first-order valence-corrected chi connectivity index (χ1v) is 8.67. The van der Waals surface area contributed by atoms with Crippen molar-refractivity contribution in [2.24, 2.45) is 4.99 Å². The first kappa shape index (κ1) is 14.3. The van der Waals surface area contributed by atoms with E-state index in [9.17, 15) is 21.6 Å². The number of hydrogen-bond donors (Lipinski definition) is 0. The molecule has 0 saturated carbocycles. The molecule has 0 radical (unpaired) electrons. The van der Waals surface area contributed by atoms with Crippen LogP contribution in [0, 0.1) is 0 Å². The summed E-state index contributed by atoms with van der Waals surface area (Å²) < 4.78 is 46.6. The van der Waals surface area contributed by atoms with Crippen LogP contribution in [0.3, 0.4) is 0 Å². The Hall–Kier alpha value is -0.760. The van der Waals surface area contributed by atoms with Crippen LogP contribution in [0.5, 0.6) is 0 Å². The smallest absolute Gasteiger partial charge is 0.229 e. The second kappa shape index (κ2) is 5.26. The Morgan fingerprint density at radius 3 is 2.47 bits per heavy atom. The molecule has 1 atom stereocenters. The Bertz CT molecular complexity index is 518. The van der Waals surface area contributed by atoms with E-state index in [-0.39, 0.29) is 6.54 Å². The van der Waals surface area contributed by atoms with Crippen molar-refractivity contribution in [1.82, 2.24) is 4.31 Å². The molecule has 7 nitrogen and oxygen atoms in total. The molecule has 98 valence electrons. The molecule has 1 fully saturated rings. The van der Waals surface area contributed by atoms with Gasteiger partial charge in [-0.3, -0.25) is 0 Å². The van der Waals surface area contributed by atoms with E-state index >= 15 is 0 Å². The van der Waals surface area contributed by atoms with Crippen molar-refractivity contribution in [2.45, 2.75) is 19.0 Å². The number of isocyanates is 1. The Kier molecular flexibility index (Phi) is 4.42. The van der Waals surface area contributed by atoms with Crippen LogP contribution in [-0.4, -0.2) is 57.7 Å². The Balaban J connectivity index is 2.80. The highest BCUT2D eigenvalue weighted by molar-refractivity contribution is 7.93. The van der Waals surface area contributed by atoms with E-state index in [0.717, 1.165) is 10.6 Å². The van der Waals surface area contributed by atoms with Crippen molar-refractivity contribution in [1.29, 1.82) is 0 Å². The molecule has 1 saturated heterocycles. The Morgan fingerprint density at radius 1 is 1.29 bits per heavy atom. The molecule has 1 aliphatic heterocycles. The molecular formula is C8H14N2O5S2. The van der Waals surface area contributed by atoms with Gasteiger partial charge in [-0.15, -0.1) is 0 Å². The minimum Gasteiger partial charge on any atom is -0.229 e. The summed E-state index contributed by atoms with van der Waals surface area (Å²) in [5.74, 6) is -0.903. The molecule has 0 N–H and O–H groups in total. The van der Waals surface area contributed by atoms with E-state index in [1.807, 2.05) is 0 Å². The molecule has 0 aromatic carbocycles. The van der Waals surface area contributed by atoms with Gasteiger partial charge in [-0.2, -0.15) is 9.30 Å². The van der Waals surface area contributed by atoms with E-state index in [1.54, 1.807) is 0 Å². The Morgan fingerprint density at radius 2 is 1.94 bits per heavy atom. The van der Waals surface area contributed by atoms with Crippen molar-refractivity contribution in [3.63, 3.8) is 0 Å². The van der Waals surface area contributed by atoms with Gasteiger partial charge in [0.2, 0.25) is 16.1 Å². The molecule has 0 aliphatic carbocycles. The highest BCUT2D eigenvalue weighted by Crippen LogP contribution is 2.21. The van der Waals surface area contributed by atoms with E-state index in [0.29, 0.717) is 12.8 Å². The van der Waals surface area contributed by atoms with Crippen LogP contribution in [0.15, 0.2) is 4.99 Å². The third-order valence-corrected chi connectivity index (χ3v) is 5.51. The SMILES string of the molecule is CS(=O)(=O)CCS(=O)(=O)N1CCCC1N=C=O. The van der Waals surface area contributed by atoms with Gasteiger partial charge in [0.15, 0.2) is 0 Å². The maximum Gasteiger partial charge on any atom is 0.236 e. The highest BCUT2D eigenvalue weighted by Gasteiger charge is 2.34. The lowest BCUT2D eigenvalue weighted by molar-refractivity contribution is 0.396. The minimum absolute atomic E-state index is 0.266. The van der Waals surface area contributed by atoms with Crippen molar-refractivity contribution < 1.29 is 21.6 Å². The largest absolute Gasteiger partial charge is 0.236 e. The molecule has 1 aliphatic rings. The van der Waals surface area contributed by atoms with Gasteiger partial charge in [0.1, 0.15) is 16.0 Å². The number of nitrogens with zero attached hydrogens (tertiary/aromatic N) is 2. The van der Waals surface area contributed by atoms with Gasteiger partial charge in [-0.05, 0) is 12.8 Å². The molecule has 0 amide bonds. The molecule has 0 spiro atoms. The van der Waals surface area contributed by atoms with Gasteiger partial charge in [0, 0.05) is 12.8 Å². The van der Waals surface area contributed by atoms with E-state index in [2.05, 4.69) is 4.99 Å². The van der Waals surface area contributed by atoms with Gasteiger partial charge in [-0.25, -0.2) is 21.6 Å². The van der Waals surface area contributed by atoms with Gasteiger partial charge in [-0.1, -0.05) is 0 Å². The van der Waals surface area contributed by atoms with Gasteiger partial charge < -0.3 is 0 Å². The van der Waals surface area contributed by atoms with Crippen LogP contribution in [0.1, 0.15) is 12.8 Å². The van der Waals surface area contributed by atoms with Crippen molar-refractivity contribution in [3.05, 3.63) is 0 Å². The zero-order chi connectivity index (χ0) is 13.1. The number of carbonyl (C=O) groups excluding carboxylic acids is 1. The lowest BCUT2D eigenvalue weighted by Gasteiger charge is -2.19. The molecule has 1 rings (SSSR count). The number of rotatable bonds is 5. The summed E-state index contributed by atoms with van der Waals surface area (Å²) in [7, 11) is -7.01. The topological polar surface area (TPSA) is 101 Å². The molecule has 0 aromatic rings. The van der Waals surface area contributed by atoms with E-state index < -0.39 is 37.5 Å². The van der Waals surface area contributed by atoms with E-state index in [4.69, 9.17) is 0 Å². The summed E-state index contributed by atoms with van der Waals surface area (Å²) in [5, 5.41) is 0. The summed E-state index contributed by atoms with van der Waals surface area (Å²) in [5.41, 5.74) is 0. The first-order valence-electron chi connectivity index (χ1n) is 5.00. The maximum absolute atomic E-state index is 11.8. The number of aliphatic imine (C=N–C) groups is 1. The van der Waals surface area contributed by atoms with Crippen LogP contribution in [-0.2, 0) is 24.7 Å². The number of sulfonamides is 1. The zero-order valence-electron chi connectivity index (χ0n) is 9.37. The van der Waals surface area contributed by atoms with Crippen LogP contribution in [0.25, 0.3) is 0 Å². The van der Waals surface area contributed by atoms with Crippen molar-refractivity contribution in [2.75, 3.05) is 24.3 Å². The van der Waals surface area contributed by atoms with Gasteiger partial charge in [0.25, 0.3) is 0 Å². The fourth-order valence-electron chi connectivity index (χ4n) is 1.61. The molecule has 17 heavy (non-hydrogen) atoms. The summed E-state index contributed by atoms with van der Waals surface area (Å²) in [6.07, 6.45) is 2.66. The Labute approximate surface area is 100 Å². The average Bonchev–Trinajstić information content (AvgIpc) is 2.63. The monoisotopic (exact) mass is 282 g/mol. The molecule has 9 heteroatoms. The fourth-order valence-corrected chi connectivity index (χ4v) is 4.83. The van der Waals surface area contributed by atoms with Crippen molar-refractivity contribution >= 4 is 25.9 Å². The summed E-state index contributed by atoms with van der Waals surface area (Å²) in [4.78, 5) is 13.5. The predicted octanol–water partition coefficient (Wildman–Crippen LogP) is -0.881. The lowest BCUT2D eigenvalue weighted by Crippen LogP contribution is -2.37. The maximum atomic E-state index is 11.8. The summed E-state index contributed by atoms with van der Waals surface area (Å²) >= 11 is 0. The molecule has 0 bridgehead atoms. The average molecular weight is 282 g/mol. The third kappa shape index (κ3) is 4.19. The van der Waals surface area contributed by atoms with Crippen molar-refractivity contribution in [3.8, 4) is 0 Å². The molecule has 1 unspecified atom stereocenters. The predicted molar refractivity (Wildman–Crippen MR) is 61.3 cm³/mol. The van der Waals surface area contributed by atoms with Gasteiger partial charge in [0.05, 0.1) is 11.5 Å². The normalized spacial score (nSPS) is 22.3. The number of sulfone groups is 1. The van der Waals surface area contributed by atoms with Crippen LogP contribution < -0.4 is 0 Å². The second-order valence-corrected chi connectivity index (χ2v) is 8.20. The molecule has 0 aromatic heterocycles.